The number of para-hydroxylation sites is 1. The molecule has 32 heavy (non-hydrogen) atoms. The molecule has 7 heteroatoms. The zero-order chi connectivity index (χ0) is 21.8. The van der Waals surface area contributed by atoms with Gasteiger partial charge in [0.1, 0.15) is 0 Å². The standard InChI is InChI=1S/C25H32N6O/c1-29-10-11-30(19-23-7-9-27-25(28-23)31-12-14-32-15-13-31)18-20(17-29)16-22-5-2-4-21-6-3-8-26-24(21)22/h2-9,20H,10-19H2,1H3. The molecule has 0 amide bonds. The third-order valence-corrected chi connectivity index (χ3v) is 6.49. The van der Waals surface area contributed by atoms with E-state index in [2.05, 4.69) is 62.0 Å². The van der Waals surface area contributed by atoms with E-state index in [9.17, 15) is 0 Å². The van der Waals surface area contributed by atoms with Crippen LogP contribution in [-0.4, -0.2) is 84.3 Å². The maximum absolute atomic E-state index is 5.47. The van der Waals surface area contributed by atoms with E-state index in [0.29, 0.717) is 5.92 Å². The van der Waals surface area contributed by atoms with Crippen LogP contribution in [0.1, 0.15) is 11.3 Å². The summed E-state index contributed by atoms with van der Waals surface area (Å²) in [7, 11) is 2.24. The first-order valence-electron chi connectivity index (χ1n) is 11.6. The van der Waals surface area contributed by atoms with Crippen LogP contribution in [0.3, 0.4) is 0 Å². The van der Waals surface area contributed by atoms with Crippen LogP contribution in [0.4, 0.5) is 5.95 Å². The Balaban J connectivity index is 1.30. The van der Waals surface area contributed by atoms with E-state index < -0.39 is 0 Å². The summed E-state index contributed by atoms with van der Waals surface area (Å²) < 4.78 is 5.47. The summed E-state index contributed by atoms with van der Waals surface area (Å²) in [5.74, 6) is 1.38. The first-order valence-corrected chi connectivity index (χ1v) is 11.6. The van der Waals surface area contributed by atoms with Gasteiger partial charge in [0, 0.05) is 63.6 Å². The van der Waals surface area contributed by atoms with Crippen molar-refractivity contribution in [1.82, 2.24) is 24.8 Å². The van der Waals surface area contributed by atoms with Crippen LogP contribution in [0, 0.1) is 5.92 Å². The summed E-state index contributed by atoms with van der Waals surface area (Å²) >= 11 is 0. The number of anilines is 1. The number of benzene rings is 1. The summed E-state index contributed by atoms with van der Waals surface area (Å²) in [6.45, 7) is 8.36. The van der Waals surface area contributed by atoms with E-state index >= 15 is 0 Å². The Hall–Kier alpha value is -2.61. The molecule has 0 radical (unpaired) electrons. The molecule has 0 saturated carbocycles. The zero-order valence-electron chi connectivity index (χ0n) is 18.9. The molecule has 1 atom stereocenters. The molecule has 2 aliphatic heterocycles. The van der Waals surface area contributed by atoms with E-state index in [1.807, 2.05) is 18.5 Å². The van der Waals surface area contributed by atoms with Crippen molar-refractivity contribution < 1.29 is 4.74 Å². The van der Waals surface area contributed by atoms with Gasteiger partial charge in [0.05, 0.1) is 24.4 Å². The fourth-order valence-electron chi connectivity index (χ4n) is 4.89. The maximum Gasteiger partial charge on any atom is 0.225 e. The lowest BCUT2D eigenvalue weighted by molar-refractivity contribution is 0.122. The smallest absolute Gasteiger partial charge is 0.225 e. The number of nitrogens with zero attached hydrogens (tertiary/aromatic N) is 6. The van der Waals surface area contributed by atoms with Crippen LogP contribution in [0.2, 0.25) is 0 Å². The predicted molar refractivity (Wildman–Crippen MR) is 127 cm³/mol. The Morgan fingerprint density at radius 1 is 0.938 bits per heavy atom. The SMILES string of the molecule is CN1CCN(Cc2ccnc(N3CCOCC3)n2)CC(Cc2cccc3cccnc23)C1. The quantitative estimate of drug-likeness (QED) is 0.614. The molecule has 1 aromatic carbocycles. The lowest BCUT2D eigenvalue weighted by Gasteiger charge is -2.27. The summed E-state index contributed by atoms with van der Waals surface area (Å²) in [4.78, 5) is 21.3. The van der Waals surface area contributed by atoms with Gasteiger partial charge in [0.15, 0.2) is 0 Å². The molecule has 168 valence electrons. The number of hydrogen-bond donors (Lipinski definition) is 0. The van der Waals surface area contributed by atoms with Gasteiger partial charge in [-0.1, -0.05) is 24.3 Å². The molecule has 2 aromatic heterocycles. The fraction of sp³-hybridized carbons (Fsp3) is 0.480. The second kappa shape index (κ2) is 9.90. The Bertz CT molecular complexity index is 1030. The molecule has 7 nitrogen and oxygen atoms in total. The van der Waals surface area contributed by atoms with Crippen molar-refractivity contribution in [2.75, 3.05) is 64.4 Å². The maximum atomic E-state index is 5.47. The van der Waals surface area contributed by atoms with Gasteiger partial charge in [-0.3, -0.25) is 9.88 Å². The van der Waals surface area contributed by atoms with Crippen molar-refractivity contribution >= 4 is 16.9 Å². The van der Waals surface area contributed by atoms with Crippen molar-refractivity contribution in [2.45, 2.75) is 13.0 Å². The molecule has 5 rings (SSSR count). The van der Waals surface area contributed by atoms with Crippen molar-refractivity contribution in [3.63, 3.8) is 0 Å². The largest absolute Gasteiger partial charge is 0.378 e. The van der Waals surface area contributed by atoms with Crippen molar-refractivity contribution in [3.05, 3.63) is 60.0 Å². The molecule has 2 saturated heterocycles. The fourth-order valence-corrected chi connectivity index (χ4v) is 4.89. The average molecular weight is 433 g/mol. The van der Waals surface area contributed by atoms with Gasteiger partial charge in [-0.05, 0) is 37.1 Å². The van der Waals surface area contributed by atoms with E-state index in [4.69, 9.17) is 9.72 Å². The topological polar surface area (TPSA) is 57.6 Å². The van der Waals surface area contributed by atoms with Crippen LogP contribution in [0.15, 0.2) is 48.8 Å². The minimum Gasteiger partial charge on any atom is -0.378 e. The van der Waals surface area contributed by atoms with E-state index in [0.717, 1.165) is 82.6 Å². The number of aromatic nitrogens is 3. The first-order chi connectivity index (χ1) is 15.7. The molecule has 2 aliphatic rings. The minimum absolute atomic E-state index is 0.552. The van der Waals surface area contributed by atoms with Crippen LogP contribution in [0.25, 0.3) is 10.9 Å². The lowest BCUT2D eigenvalue weighted by atomic mass is 9.96. The summed E-state index contributed by atoms with van der Waals surface area (Å²) in [5.41, 5.74) is 3.58. The highest BCUT2D eigenvalue weighted by Gasteiger charge is 2.23. The Morgan fingerprint density at radius 2 is 1.81 bits per heavy atom. The summed E-state index contributed by atoms with van der Waals surface area (Å²) in [6.07, 6.45) is 4.84. The molecule has 3 aromatic rings. The Kier molecular flexibility index (Phi) is 6.57. The normalized spacial score (nSPS) is 21.0. The molecular weight excluding hydrogens is 400 g/mol. The van der Waals surface area contributed by atoms with Crippen LogP contribution in [0.5, 0.6) is 0 Å². The summed E-state index contributed by atoms with van der Waals surface area (Å²) in [5, 5.41) is 1.22. The second-order valence-electron chi connectivity index (χ2n) is 9.01. The van der Waals surface area contributed by atoms with Gasteiger partial charge in [0.25, 0.3) is 0 Å². The van der Waals surface area contributed by atoms with Crippen molar-refractivity contribution in [2.24, 2.45) is 5.92 Å². The summed E-state index contributed by atoms with van der Waals surface area (Å²) in [6, 6.07) is 12.8. The molecule has 0 aliphatic carbocycles. The van der Waals surface area contributed by atoms with Gasteiger partial charge in [-0.25, -0.2) is 9.97 Å². The number of hydrogen-bond acceptors (Lipinski definition) is 7. The lowest BCUT2D eigenvalue weighted by Crippen LogP contribution is -2.37. The second-order valence-corrected chi connectivity index (χ2v) is 9.01. The van der Waals surface area contributed by atoms with Crippen molar-refractivity contribution in [1.29, 1.82) is 0 Å². The number of pyridine rings is 1. The highest BCUT2D eigenvalue weighted by atomic mass is 16.5. The monoisotopic (exact) mass is 432 g/mol. The Labute approximate surface area is 190 Å². The molecule has 4 heterocycles. The number of rotatable bonds is 5. The average Bonchev–Trinajstić information content (AvgIpc) is 3.00. The highest BCUT2D eigenvalue weighted by molar-refractivity contribution is 5.81. The molecule has 2 fully saturated rings. The van der Waals surface area contributed by atoms with Crippen LogP contribution >= 0.6 is 0 Å². The zero-order valence-corrected chi connectivity index (χ0v) is 18.9. The number of fused-ring (bicyclic) bond motifs is 1. The molecule has 0 spiro atoms. The van der Waals surface area contributed by atoms with E-state index in [1.54, 1.807) is 0 Å². The van der Waals surface area contributed by atoms with Gasteiger partial charge < -0.3 is 14.5 Å². The minimum atomic E-state index is 0.552. The van der Waals surface area contributed by atoms with E-state index in [1.165, 1.54) is 10.9 Å². The van der Waals surface area contributed by atoms with Crippen LogP contribution < -0.4 is 4.90 Å². The van der Waals surface area contributed by atoms with Crippen molar-refractivity contribution in [3.8, 4) is 0 Å². The Morgan fingerprint density at radius 3 is 2.72 bits per heavy atom. The van der Waals surface area contributed by atoms with Gasteiger partial charge in [-0.15, -0.1) is 0 Å². The first kappa shape index (κ1) is 21.2. The van der Waals surface area contributed by atoms with Gasteiger partial charge >= 0.3 is 0 Å². The molecule has 0 N–H and O–H groups in total. The number of morpholine rings is 1. The third kappa shape index (κ3) is 5.06. The third-order valence-electron chi connectivity index (χ3n) is 6.49. The molecular formula is C25H32N6O. The molecule has 0 bridgehead atoms. The number of ether oxygens (including phenoxy) is 1. The van der Waals surface area contributed by atoms with E-state index in [-0.39, 0.29) is 0 Å². The highest BCUT2D eigenvalue weighted by Crippen LogP contribution is 2.22. The van der Waals surface area contributed by atoms with Crippen LogP contribution in [-0.2, 0) is 17.7 Å². The predicted octanol–water partition coefficient (Wildman–Crippen LogP) is 2.47. The van der Waals surface area contributed by atoms with Gasteiger partial charge in [0.2, 0.25) is 5.95 Å². The number of likely N-dealkylation sites (N-methyl/N-ethyl adjacent to an activating group) is 1. The molecule has 1 unspecified atom stereocenters. The van der Waals surface area contributed by atoms with Gasteiger partial charge in [-0.2, -0.15) is 0 Å².